The molecule has 0 bridgehead atoms. The van der Waals surface area contributed by atoms with Gasteiger partial charge in [-0.1, -0.05) is 13.8 Å². The van der Waals surface area contributed by atoms with E-state index in [1.165, 1.54) is 13.2 Å². The molecule has 0 amide bonds. The molecule has 0 saturated heterocycles. The van der Waals surface area contributed by atoms with E-state index in [2.05, 4.69) is 10.2 Å². The van der Waals surface area contributed by atoms with Gasteiger partial charge in [0.25, 0.3) is 0 Å². The first kappa shape index (κ1) is 13.9. The number of nitrogens with zero attached hydrogens (tertiary/aromatic N) is 2. The lowest BCUT2D eigenvalue weighted by Gasteiger charge is -2.08. The fourth-order valence-corrected chi connectivity index (χ4v) is 2.16. The monoisotopic (exact) mass is 276 g/mol. The van der Waals surface area contributed by atoms with Gasteiger partial charge in [-0.2, -0.15) is 5.10 Å². The minimum Gasteiger partial charge on any atom is -0.490 e. The lowest BCUT2D eigenvalue weighted by molar-refractivity contribution is -0.385. The number of anilines is 1. The lowest BCUT2D eigenvalue weighted by Crippen LogP contribution is -1.97. The highest BCUT2D eigenvalue weighted by Crippen LogP contribution is 2.36. The van der Waals surface area contributed by atoms with E-state index in [0.717, 1.165) is 5.56 Å². The largest absolute Gasteiger partial charge is 0.490 e. The Bertz CT molecular complexity index is 649. The van der Waals surface area contributed by atoms with Gasteiger partial charge in [-0.05, 0) is 18.1 Å². The summed E-state index contributed by atoms with van der Waals surface area (Å²) < 4.78 is 4.99. The van der Waals surface area contributed by atoms with Crippen LogP contribution in [0.2, 0.25) is 0 Å². The third kappa shape index (κ3) is 2.29. The molecule has 0 aliphatic heterocycles. The van der Waals surface area contributed by atoms with Gasteiger partial charge in [0.1, 0.15) is 5.82 Å². The van der Waals surface area contributed by atoms with Crippen LogP contribution >= 0.6 is 0 Å². The van der Waals surface area contributed by atoms with Gasteiger partial charge >= 0.3 is 5.69 Å². The molecule has 0 unspecified atom stereocenters. The first-order valence-corrected chi connectivity index (χ1v) is 6.12. The van der Waals surface area contributed by atoms with Crippen LogP contribution in [0.25, 0.3) is 11.3 Å². The third-order valence-corrected chi connectivity index (χ3v) is 3.08. The zero-order chi connectivity index (χ0) is 14.9. The fourth-order valence-electron chi connectivity index (χ4n) is 2.16. The van der Waals surface area contributed by atoms with Crippen LogP contribution in [0.1, 0.15) is 25.3 Å². The second-order valence-corrected chi connectivity index (χ2v) is 4.70. The van der Waals surface area contributed by atoms with Crippen molar-refractivity contribution in [1.82, 2.24) is 10.2 Å². The summed E-state index contributed by atoms with van der Waals surface area (Å²) in [5, 5.41) is 17.9. The van der Waals surface area contributed by atoms with Gasteiger partial charge in [0.15, 0.2) is 5.75 Å². The van der Waals surface area contributed by atoms with Crippen LogP contribution in [0.5, 0.6) is 5.75 Å². The Kier molecular flexibility index (Phi) is 3.60. The van der Waals surface area contributed by atoms with Crippen molar-refractivity contribution in [2.24, 2.45) is 0 Å². The number of aromatic nitrogens is 2. The average molecular weight is 276 g/mol. The molecular formula is C13H16N4O3. The van der Waals surface area contributed by atoms with Crippen LogP contribution in [-0.2, 0) is 0 Å². The van der Waals surface area contributed by atoms with Crippen molar-refractivity contribution in [2.45, 2.75) is 19.8 Å². The maximum absolute atomic E-state index is 11.1. The molecule has 0 spiro atoms. The highest BCUT2D eigenvalue weighted by molar-refractivity contribution is 5.72. The normalized spacial score (nSPS) is 10.8. The molecule has 3 N–H and O–H groups in total. The molecule has 0 fully saturated rings. The molecule has 1 heterocycles. The summed E-state index contributed by atoms with van der Waals surface area (Å²) in [6.45, 7) is 3.98. The summed E-state index contributed by atoms with van der Waals surface area (Å²) in [5.41, 5.74) is 7.95. The van der Waals surface area contributed by atoms with Gasteiger partial charge in [0.2, 0.25) is 0 Å². The van der Waals surface area contributed by atoms with Gasteiger partial charge in [-0.3, -0.25) is 15.2 Å². The molecule has 7 nitrogen and oxygen atoms in total. The number of ether oxygens (including phenoxy) is 1. The van der Waals surface area contributed by atoms with Crippen molar-refractivity contribution >= 4 is 11.5 Å². The van der Waals surface area contributed by atoms with Gasteiger partial charge < -0.3 is 10.5 Å². The van der Waals surface area contributed by atoms with Gasteiger partial charge in [-0.15, -0.1) is 0 Å². The summed E-state index contributed by atoms with van der Waals surface area (Å²) in [6.07, 6.45) is 0. The van der Waals surface area contributed by atoms with Crippen LogP contribution in [0.15, 0.2) is 18.2 Å². The quantitative estimate of drug-likeness (QED) is 0.659. The highest BCUT2D eigenvalue weighted by atomic mass is 16.6. The molecule has 20 heavy (non-hydrogen) atoms. The number of methoxy groups -OCH3 is 1. The SMILES string of the molecule is COc1ccc(-c2[nH]nc(N)c2C(C)C)cc1[N+](=O)[O-]. The number of nitrogen functional groups attached to an aromatic ring is 1. The van der Waals surface area contributed by atoms with Crippen molar-refractivity contribution in [2.75, 3.05) is 12.8 Å². The van der Waals surface area contributed by atoms with E-state index in [9.17, 15) is 10.1 Å². The number of nitrogens with two attached hydrogens (primary N) is 1. The minimum absolute atomic E-state index is 0.0899. The third-order valence-electron chi connectivity index (χ3n) is 3.08. The van der Waals surface area contributed by atoms with Crippen LogP contribution in [0.4, 0.5) is 11.5 Å². The number of rotatable bonds is 4. The Hall–Kier alpha value is -2.57. The molecule has 0 atom stereocenters. The summed E-state index contributed by atoms with van der Waals surface area (Å²) in [7, 11) is 1.40. The van der Waals surface area contributed by atoms with Crippen LogP contribution in [0, 0.1) is 10.1 Å². The molecule has 0 radical (unpaired) electrons. The van der Waals surface area contributed by atoms with Gasteiger partial charge in [0.05, 0.1) is 17.7 Å². The molecule has 1 aromatic carbocycles. The number of hydrogen-bond donors (Lipinski definition) is 2. The molecule has 0 saturated carbocycles. The minimum atomic E-state index is -0.475. The number of benzene rings is 1. The number of nitrogens with one attached hydrogen (secondary N) is 1. The van der Waals surface area contributed by atoms with Crippen LogP contribution in [-0.4, -0.2) is 22.2 Å². The van der Waals surface area contributed by atoms with Crippen LogP contribution in [0.3, 0.4) is 0 Å². The Morgan fingerprint density at radius 2 is 2.15 bits per heavy atom. The van der Waals surface area contributed by atoms with Crippen molar-refractivity contribution in [1.29, 1.82) is 0 Å². The molecule has 0 aliphatic carbocycles. The predicted molar refractivity (Wildman–Crippen MR) is 75.7 cm³/mol. The molecule has 106 valence electrons. The number of nitro benzene ring substituents is 1. The summed E-state index contributed by atoms with van der Waals surface area (Å²) in [6, 6.07) is 4.76. The van der Waals surface area contributed by atoms with Crippen LogP contribution < -0.4 is 10.5 Å². The molecular weight excluding hydrogens is 260 g/mol. The first-order chi connectivity index (χ1) is 9.45. The zero-order valence-electron chi connectivity index (χ0n) is 11.5. The Morgan fingerprint density at radius 1 is 1.45 bits per heavy atom. The Balaban J connectivity index is 2.59. The predicted octanol–water partition coefficient (Wildman–Crippen LogP) is 2.70. The van der Waals surface area contributed by atoms with Crippen molar-refractivity contribution in [3.05, 3.63) is 33.9 Å². The second kappa shape index (κ2) is 5.20. The van der Waals surface area contributed by atoms with E-state index in [-0.39, 0.29) is 17.4 Å². The Morgan fingerprint density at radius 3 is 2.70 bits per heavy atom. The molecule has 7 heteroatoms. The summed E-state index contributed by atoms with van der Waals surface area (Å²) >= 11 is 0. The van der Waals surface area contributed by atoms with Crippen molar-refractivity contribution in [3.63, 3.8) is 0 Å². The standard InChI is InChI=1S/C13H16N4O3/c1-7(2)11-12(15-16-13(11)14)8-4-5-10(20-3)9(6-8)17(18)19/h4-7H,1-3H3,(H3,14,15,16). The first-order valence-electron chi connectivity index (χ1n) is 6.12. The summed E-state index contributed by atoms with van der Waals surface area (Å²) in [5.74, 6) is 0.788. The number of nitro groups is 1. The molecule has 0 aliphatic rings. The number of aromatic amines is 1. The van der Waals surface area contributed by atoms with E-state index < -0.39 is 4.92 Å². The average Bonchev–Trinajstić information content (AvgIpc) is 2.79. The zero-order valence-corrected chi connectivity index (χ0v) is 11.5. The molecule has 2 aromatic rings. The fraction of sp³-hybridized carbons (Fsp3) is 0.308. The lowest BCUT2D eigenvalue weighted by atomic mass is 9.98. The van der Waals surface area contributed by atoms with Crippen molar-refractivity contribution < 1.29 is 9.66 Å². The highest BCUT2D eigenvalue weighted by Gasteiger charge is 2.20. The van der Waals surface area contributed by atoms with E-state index in [0.29, 0.717) is 17.1 Å². The maximum Gasteiger partial charge on any atom is 0.311 e. The molecule has 1 aromatic heterocycles. The van der Waals surface area contributed by atoms with Gasteiger partial charge in [0, 0.05) is 17.2 Å². The van der Waals surface area contributed by atoms with E-state index in [1.54, 1.807) is 12.1 Å². The number of hydrogen-bond acceptors (Lipinski definition) is 5. The van der Waals surface area contributed by atoms with Gasteiger partial charge in [-0.25, -0.2) is 0 Å². The van der Waals surface area contributed by atoms with E-state index in [4.69, 9.17) is 10.5 Å². The van der Waals surface area contributed by atoms with Crippen molar-refractivity contribution in [3.8, 4) is 17.0 Å². The van der Waals surface area contributed by atoms with E-state index >= 15 is 0 Å². The maximum atomic E-state index is 11.1. The summed E-state index contributed by atoms with van der Waals surface area (Å²) in [4.78, 5) is 10.6. The topological polar surface area (TPSA) is 107 Å². The Labute approximate surface area is 115 Å². The number of H-pyrrole nitrogens is 1. The second-order valence-electron chi connectivity index (χ2n) is 4.70. The smallest absolute Gasteiger partial charge is 0.311 e. The molecule has 2 rings (SSSR count). The van der Waals surface area contributed by atoms with E-state index in [1.807, 2.05) is 13.8 Å².